The second kappa shape index (κ2) is 10.1. The van der Waals surface area contributed by atoms with Crippen LogP contribution in [0.25, 0.3) is 0 Å². The van der Waals surface area contributed by atoms with Gasteiger partial charge in [-0.15, -0.1) is 0 Å². The minimum atomic E-state index is -0.862. The van der Waals surface area contributed by atoms with E-state index in [1.165, 1.54) is 26.2 Å². The Kier molecular flexibility index (Phi) is 7.90. The minimum Gasteiger partial charge on any atom is -0.467 e. The second-order valence-electron chi connectivity index (χ2n) is 7.09. The number of hydrogen-bond acceptors (Lipinski definition) is 4. The molecule has 1 aromatic rings. The summed E-state index contributed by atoms with van der Waals surface area (Å²) in [5, 5.41) is 2.59. The number of esters is 1. The van der Waals surface area contributed by atoms with Crippen molar-refractivity contribution in [2.24, 2.45) is 5.92 Å². The Bertz CT molecular complexity index is 722. The molecule has 1 unspecified atom stereocenters. The van der Waals surface area contributed by atoms with Crippen molar-refractivity contribution in [2.75, 3.05) is 13.7 Å². The number of hydrogen-bond donors (Lipinski definition) is 1. The topological polar surface area (TPSA) is 75.7 Å². The Morgan fingerprint density at radius 2 is 2.04 bits per heavy atom. The number of nitrogens with one attached hydrogen (secondary N) is 1. The van der Waals surface area contributed by atoms with Crippen molar-refractivity contribution in [3.8, 4) is 0 Å². The SMILES string of the molecule is COC(=O)C(CC1CC1)NC(C)=O.O=C1CCCN1Cc1cccc(F)c1F. The first-order valence-corrected chi connectivity index (χ1v) is 9.37. The van der Waals surface area contributed by atoms with E-state index in [1.54, 1.807) is 4.90 Å². The van der Waals surface area contributed by atoms with Crippen LogP contribution in [0.3, 0.4) is 0 Å². The minimum absolute atomic E-state index is 0.0126. The molecule has 6 nitrogen and oxygen atoms in total. The van der Waals surface area contributed by atoms with E-state index in [4.69, 9.17) is 0 Å². The van der Waals surface area contributed by atoms with Crippen molar-refractivity contribution in [3.05, 3.63) is 35.4 Å². The number of methoxy groups -OCH3 is 1. The molecule has 0 aromatic heterocycles. The van der Waals surface area contributed by atoms with Crippen LogP contribution in [0.5, 0.6) is 0 Å². The number of likely N-dealkylation sites (tertiary alicyclic amines) is 1. The van der Waals surface area contributed by atoms with Crippen molar-refractivity contribution in [3.63, 3.8) is 0 Å². The lowest BCUT2D eigenvalue weighted by Gasteiger charge is -2.15. The van der Waals surface area contributed by atoms with E-state index < -0.39 is 17.7 Å². The van der Waals surface area contributed by atoms with Crippen LogP contribution >= 0.6 is 0 Å². The van der Waals surface area contributed by atoms with E-state index in [0.29, 0.717) is 25.3 Å². The number of nitrogens with zero attached hydrogens (tertiary/aromatic N) is 1. The van der Waals surface area contributed by atoms with E-state index >= 15 is 0 Å². The first kappa shape index (κ1) is 21.8. The van der Waals surface area contributed by atoms with E-state index in [9.17, 15) is 23.2 Å². The maximum atomic E-state index is 13.3. The predicted octanol–water partition coefficient (Wildman–Crippen LogP) is 2.55. The fourth-order valence-corrected chi connectivity index (χ4v) is 3.04. The number of amides is 2. The van der Waals surface area contributed by atoms with Crippen molar-refractivity contribution in [1.82, 2.24) is 10.2 Å². The van der Waals surface area contributed by atoms with E-state index in [-0.39, 0.29) is 29.9 Å². The zero-order valence-corrected chi connectivity index (χ0v) is 16.2. The number of carbonyl (C=O) groups excluding carboxylic acids is 3. The lowest BCUT2D eigenvalue weighted by molar-refractivity contribution is -0.145. The van der Waals surface area contributed by atoms with Gasteiger partial charge in [0.2, 0.25) is 11.8 Å². The third-order valence-electron chi connectivity index (χ3n) is 4.69. The van der Waals surface area contributed by atoms with Crippen LogP contribution in [0.2, 0.25) is 0 Å². The average molecular weight is 396 g/mol. The van der Waals surface area contributed by atoms with Crippen LogP contribution in [0.4, 0.5) is 8.78 Å². The molecule has 0 bridgehead atoms. The Hall–Kier alpha value is -2.51. The summed E-state index contributed by atoms with van der Waals surface area (Å²) in [6.45, 7) is 2.21. The Morgan fingerprint density at radius 3 is 2.57 bits per heavy atom. The molecule has 1 N–H and O–H groups in total. The molecule has 1 saturated heterocycles. The summed E-state index contributed by atoms with van der Waals surface area (Å²) in [6, 6.07) is 3.58. The largest absolute Gasteiger partial charge is 0.467 e. The van der Waals surface area contributed by atoms with Crippen LogP contribution in [0.15, 0.2) is 18.2 Å². The second-order valence-corrected chi connectivity index (χ2v) is 7.09. The van der Waals surface area contributed by atoms with Gasteiger partial charge in [-0.1, -0.05) is 25.0 Å². The van der Waals surface area contributed by atoms with Gasteiger partial charge in [0, 0.05) is 32.0 Å². The third kappa shape index (κ3) is 6.58. The summed E-state index contributed by atoms with van der Waals surface area (Å²) in [4.78, 5) is 34.8. The van der Waals surface area contributed by atoms with Gasteiger partial charge in [-0.2, -0.15) is 0 Å². The summed E-state index contributed by atoms with van der Waals surface area (Å²) in [6.07, 6.45) is 4.35. The maximum absolute atomic E-state index is 13.3. The highest BCUT2D eigenvalue weighted by molar-refractivity contribution is 5.83. The number of benzene rings is 1. The van der Waals surface area contributed by atoms with Gasteiger partial charge < -0.3 is 15.0 Å². The first-order valence-electron chi connectivity index (χ1n) is 9.37. The van der Waals surface area contributed by atoms with Crippen LogP contribution in [-0.2, 0) is 25.7 Å². The predicted molar refractivity (Wildman–Crippen MR) is 98.0 cm³/mol. The zero-order chi connectivity index (χ0) is 20.7. The molecule has 28 heavy (non-hydrogen) atoms. The molecule has 3 rings (SSSR count). The molecule has 1 saturated carbocycles. The molecule has 1 atom stereocenters. The highest BCUT2D eigenvalue weighted by Gasteiger charge is 2.30. The molecule has 1 heterocycles. The fourth-order valence-electron chi connectivity index (χ4n) is 3.04. The molecule has 2 aliphatic rings. The number of ether oxygens (including phenoxy) is 1. The zero-order valence-electron chi connectivity index (χ0n) is 16.2. The molecular formula is C20H26F2N2O4. The van der Waals surface area contributed by atoms with Crippen molar-refractivity contribution < 1.29 is 27.9 Å². The van der Waals surface area contributed by atoms with Gasteiger partial charge in [0.05, 0.1) is 7.11 Å². The first-order chi connectivity index (χ1) is 13.3. The van der Waals surface area contributed by atoms with Crippen molar-refractivity contribution in [1.29, 1.82) is 0 Å². The summed E-state index contributed by atoms with van der Waals surface area (Å²) in [7, 11) is 1.34. The standard InChI is InChI=1S/C11H11F2NO.C9H15NO3/c12-9-4-1-3-8(11(9)13)7-14-6-2-5-10(14)15;1-6(11)10-8(9(12)13-2)5-7-3-4-7/h1,3-4H,2,5-7H2;7-8H,3-5H2,1-2H3,(H,10,11). The van der Waals surface area contributed by atoms with Gasteiger partial charge in [-0.05, 0) is 24.8 Å². The van der Waals surface area contributed by atoms with Crippen LogP contribution in [0.1, 0.15) is 44.6 Å². The van der Waals surface area contributed by atoms with Gasteiger partial charge in [-0.25, -0.2) is 13.6 Å². The molecule has 0 radical (unpaired) electrons. The van der Waals surface area contributed by atoms with E-state index in [0.717, 1.165) is 25.3 Å². The number of rotatable bonds is 6. The maximum Gasteiger partial charge on any atom is 0.328 e. The van der Waals surface area contributed by atoms with Gasteiger partial charge in [0.25, 0.3) is 0 Å². The summed E-state index contributed by atoms with van der Waals surface area (Å²) in [5.41, 5.74) is 0.241. The Morgan fingerprint density at radius 1 is 1.32 bits per heavy atom. The Labute approximate surface area is 163 Å². The highest BCUT2D eigenvalue weighted by atomic mass is 19.2. The molecule has 154 valence electrons. The average Bonchev–Trinajstić information content (AvgIpc) is 3.38. The number of carbonyl (C=O) groups is 3. The number of halogens is 2. The van der Waals surface area contributed by atoms with Gasteiger partial charge >= 0.3 is 5.97 Å². The smallest absolute Gasteiger partial charge is 0.328 e. The normalized spacial score (nSPS) is 16.9. The Balaban J connectivity index is 0.000000203. The molecule has 1 aliphatic carbocycles. The van der Waals surface area contributed by atoms with Gasteiger partial charge in [-0.3, -0.25) is 9.59 Å². The van der Waals surface area contributed by atoms with E-state index in [1.807, 2.05) is 0 Å². The molecule has 1 aromatic carbocycles. The lowest BCUT2D eigenvalue weighted by Crippen LogP contribution is -2.40. The quantitative estimate of drug-likeness (QED) is 0.750. The molecule has 8 heteroatoms. The monoisotopic (exact) mass is 396 g/mol. The summed E-state index contributed by atoms with van der Waals surface area (Å²) >= 11 is 0. The van der Waals surface area contributed by atoms with Gasteiger partial charge in [0.15, 0.2) is 11.6 Å². The molecule has 1 aliphatic heterocycles. The van der Waals surface area contributed by atoms with Crippen LogP contribution in [0, 0.1) is 17.6 Å². The fraction of sp³-hybridized carbons (Fsp3) is 0.550. The molecule has 0 spiro atoms. The van der Waals surface area contributed by atoms with E-state index in [2.05, 4.69) is 10.1 Å². The molecular weight excluding hydrogens is 370 g/mol. The van der Waals surface area contributed by atoms with Crippen LogP contribution < -0.4 is 5.32 Å². The van der Waals surface area contributed by atoms with Crippen LogP contribution in [-0.4, -0.2) is 42.4 Å². The lowest BCUT2D eigenvalue weighted by atomic mass is 10.1. The van der Waals surface area contributed by atoms with Crippen molar-refractivity contribution >= 4 is 17.8 Å². The molecule has 2 fully saturated rings. The van der Waals surface area contributed by atoms with Gasteiger partial charge in [0.1, 0.15) is 6.04 Å². The summed E-state index contributed by atoms with van der Waals surface area (Å²) in [5.74, 6) is -1.64. The van der Waals surface area contributed by atoms with Crippen molar-refractivity contribution in [2.45, 2.75) is 51.6 Å². The highest BCUT2D eigenvalue weighted by Crippen LogP contribution is 2.33. The summed E-state index contributed by atoms with van der Waals surface area (Å²) < 4.78 is 30.7. The third-order valence-corrected chi connectivity index (χ3v) is 4.69. The molecule has 2 amide bonds.